The summed E-state index contributed by atoms with van der Waals surface area (Å²) in [5, 5.41) is 5.27. The van der Waals surface area contributed by atoms with Gasteiger partial charge in [-0.15, -0.1) is 0 Å². The van der Waals surface area contributed by atoms with Crippen molar-refractivity contribution in [3.05, 3.63) is 48.8 Å². The molecule has 0 saturated heterocycles. The van der Waals surface area contributed by atoms with E-state index in [9.17, 15) is 9.18 Å². The third-order valence-electron chi connectivity index (χ3n) is 2.52. The second-order valence-corrected chi connectivity index (χ2v) is 4.05. The van der Waals surface area contributed by atoms with E-state index in [1.807, 2.05) is 10.8 Å². The fraction of sp³-hybridized carbons (Fsp3) is 0.231. The molecular weight excluding hydrogens is 247 g/mol. The maximum absolute atomic E-state index is 12.9. The SMILES string of the molecule is O=C(NCCCn1ccnc1)Nc1cccc(F)c1. The minimum atomic E-state index is -0.377. The van der Waals surface area contributed by atoms with Gasteiger partial charge in [-0.1, -0.05) is 6.07 Å². The number of urea groups is 1. The van der Waals surface area contributed by atoms with Gasteiger partial charge in [-0.2, -0.15) is 0 Å². The maximum atomic E-state index is 12.9. The highest BCUT2D eigenvalue weighted by molar-refractivity contribution is 5.89. The van der Waals surface area contributed by atoms with Gasteiger partial charge in [-0.25, -0.2) is 14.2 Å². The van der Waals surface area contributed by atoms with Crippen LogP contribution in [0.1, 0.15) is 6.42 Å². The van der Waals surface area contributed by atoms with Crippen molar-refractivity contribution < 1.29 is 9.18 Å². The highest BCUT2D eigenvalue weighted by Crippen LogP contribution is 2.08. The second-order valence-electron chi connectivity index (χ2n) is 4.05. The molecular formula is C13H15FN4O. The van der Waals surface area contributed by atoms with Gasteiger partial charge in [0.15, 0.2) is 0 Å². The van der Waals surface area contributed by atoms with E-state index in [-0.39, 0.29) is 11.8 Å². The Morgan fingerprint density at radius 3 is 3.05 bits per heavy atom. The number of carbonyl (C=O) groups is 1. The third kappa shape index (κ3) is 4.42. The molecule has 19 heavy (non-hydrogen) atoms. The summed E-state index contributed by atoms with van der Waals surface area (Å²) in [5.41, 5.74) is 0.437. The number of imidazole rings is 1. The van der Waals surface area contributed by atoms with E-state index in [2.05, 4.69) is 15.6 Å². The van der Waals surface area contributed by atoms with Crippen LogP contribution in [0, 0.1) is 5.82 Å². The summed E-state index contributed by atoms with van der Waals surface area (Å²) in [5.74, 6) is -0.377. The Labute approximate surface area is 110 Å². The number of aryl methyl sites for hydroxylation is 1. The molecule has 1 heterocycles. The lowest BCUT2D eigenvalue weighted by molar-refractivity contribution is 0.252. The van der Waals surface area contributed by atoms with Crippen LogP contribution in [0.2, 0.25) is 0 Å². The highest BCUT2D eigenvalue weighted by atomic mass is 19.1. The molecule has 0 aliphatic rings. The Morgan fingerprint density at radius 1 is 1.42 bits per heavy atom. The standard InChI is InChI=1S/C13H15FN4O/c14-11-3-1-4-12(9-11)17-13(19)16-5-2-7-18-8-6-15-10-18/h1,3-4,6,8-10H,2,5,7H2,(H2,16,17,19). The van der Waals surface area contributed by atoms with Crippen molar-refractivity contribution in [3.8, 4) is 0 Å². The van der Waals surface area contributed by atoms with Gasteiger partial charge in [0, 0.05) is 31.2 Å². The van der Waals surface area contributed by atoms with Crippen molar-refractivity contribution in [1.29, 1.82) is 0 Å². The summed E-state index contributed by atoms with van der Waals surface area (Å²) in [7, 11) is 0. The van der Waals surface area contributed by atoms with Crippen LogP contribution in [0.4, 0.5) is 14.9 Å². The Balaban J connectivity index is 1.67. The van der Waals surface area contributed by atoms with E-state index in [0.717, 1.165) is 13.0 Å². The molecule has 2 aromatic rings. The molecule has 1 aromatic heterocycles. The number of nitrogens with zero attached hydrogens (tertiary/aromatic N) is 2. The highest BCUT2D eigenvalue weighted by Gasteiger charge is 2.01. The minimum absolute atomic E-state index is 0.337. The Bertz CT molecular complexity index is 527. The first kappa shape index (κ1) is 13.1. The molecule has 100 valence electrons. The van der Waals surface area contributed by atoms with Crippen LogP contribution in [0.15, 0.2) is 43.0 Å². The molecule has 0 aliphatic heterocycles. The lowest BCUT2D eigenvalue weighted by Gasteiger charge is -2.07. The molecule has 6 heteroatoms. The monoisotopic (exact) mass is 262 g/mol. The third-order valence-corrected chi connectivity index (χ3v) is 2.52. The van der Waals surface area contributed by atoms with Crippen LogP contribution in [0.25, 0.3) is 0 Å². The summed E-state index contributed by atoms with van der Waals surface area (Å²) >= 11 is 0. The molecule has 0 fully saturated rings. The van der Waals surface area contributed by atoms with Gasteiger partial charge in [-0.05, 0) is 24.6 Å². The fourth-order valence-corrected chi connectivity index (χ4v) is 1.62. The number of amides is 2. The number of aromatic nitrogens is 2. The zero-order valence-corrected chi connectivity index (χ0v) is 10.3. The number of anilines is 1. The predicted octanol–water partition coefficient (Wildman–Crippen LogP) is 2.23. The molecule has 2 rings (SSSR count). The number of benzene rings is 1. The molecule has 2 N–H and O–H groups in total. The van der Waals surface area contributed by atoms with E-state index < -0.39 is 0 Å². The molecule has 0 spiro atoms. The van der Waals surface area contributed by atoms with E-state index in [1.165, 1.54) is 12.1 Å². The quantitative estimate of drug-likeness (QED) is 0.812. The van der Waals surface area contributed by atoms with Crippen molar-refractivity contribution in [3.63, 3.8) is 0 Å². The number of nitrogens with one attached hydrogen (secondary N) is 2. The van der Waals surface area contributed by atoms with Crippen LogP contribution in [0.5, 0.6) is 0 Å². The average molecular weight is 262 g/mol. The predicted molar refractivity (Wildman–Crippen MR) is 70.3 cm³/mol. The number of rotatable bonds is 5. The largest absolute Gasteiger partial charge is 0.338 e. The Morgan fingerprint density at radius 2 is 2.32 bits per heavy atom. The Kier molecular flexibility index (Phi) is 4.49. The van der Waals surface area contributed by atoms with Crippen molar-refractivity contribution in [2.45, 2.75) is 13.0 Å². The van der Waals surface area contributed by atoms with Crippen LogP contribution in [-0.2, 0) is 6.54 Å². The van der Waals surface area contributed by atoms with Crippen LogP contribution in [0.3, 0.4) is 0 Å². The van der Waals surface area contributed by atoms with Gasteiger partial charge in [0.1, 0.15) is 5.82 Å². The number of hydrogen-bond donors (Lipinski definition) is 2. The molecule has 2 amide bonds. The van der Waals surface area contributed by atoms with Crippen LogP contribution in [-0.4, -0.2) is 22.1 Å². The normalized spacial score (nSPS) is 10.2. The molecule has 0 unspecified atom stereocenters. The molecule has 0 radical (unpaired) electrons. The smallest absolute Gasteiger partial charge is 0.319 e. The lowest BCUT2D eigenvalue weighted by atomic mass is 10.3. The van der Waals surface area contributed by atoms with Crippen LogP contribution < -0.4 is 10.6 Å². The van der Waals surface area contributed by atoms with E-state index in [1.54, 1.807) is 24.7 Å². The summed E-state index contributed by atoms with van der Waals surface area (Å²) in [6, 6.07) is 5.44. The van der Waals surface area contributed by atoms with E-state index in [0.29, 0.717) is 12.2 Å². The molecule has 5 nitrogen and oxygen atoms in total. The lowest BCUT2D eigenvalue weighted by Crippen LogP contribution is -2.30. The first-order valence-electron chi connectivity index (χ1n) is 6.00. The summed E-state index contributed by atoms with van der Waals surface area (Å²) in [4.78, 5) is 15.4. The molecule has 0 saturated carbocycles. The summed E-state index contributed by atoms with van der Waals surface area (Å²) in [6.07, 6.45) is 6.11. The average Bonchev–Trinajstić information content (AvgIpc) is 2.88. The first-order chi connectivity index (χ1) is 9.24. The van der Waals surface area contributed by atoms with Crippen molar-refractivity contribution in [1.82, 2.24) is 14.9 Å². The van der Waals surface area contributed by atoms with Gasteiger partial charge in [-0.3, -0.25) is 0 Å². The summed E-state index contributed by atoms with van der Waals surface area (Å²) < 4.78 is 14.8. The minimum Gasteiger partial charge on any atom is -0.338 e. The van der Waals surface area contributed by atoms with Crippen molar-refractivity contribution in [2.24, 2.45) is 0 Å². The maximum Gasteiger partial charge on any atom is 0.319 e. The number of carbonyl (C=O) groups excluding carboxylic acids is 1. The van der Waals surface area contributed by atoms with Gasteiger partial charge in [0.2, 0.25) is 0 Å². The van der Waals surface area contributed by atoms with E-state index in [4.69, 9.17) is 0 Å². The van der Waals surface area contributed by atoms with Gasteiger partial charge in [0.05, 0.1) is 6.33 Å². The number of halogens is 1. The van der Waals surface area contributed by atoms with Gasteiger partial charge >= 0.3 is 6.03 Å². The van der Waals surface area contributed by atoms with Gasteiger partial charge in [0.25, 0.3) is 0 Å². The van der Waals surface area contributed by atoms with Crippen molar-refractivity contribution in [2.75, 3.05) is 11.9 Å². The van der Waals surface area contributed by atoms with Crippen LogP contribution >= 0.6 is 0 Å². The fourth-order valence-electron chi connectivity index (χ4n) is 1.62. The molecule has 1 aromatic carbocycles. The Hall–Kier alpha value is -2.37. The summed E-state index contributed by atoms with van der Waals surface area (Å²) in [6.45, 7) is 1.33. The molecule has 0 atom stereocenters. The van der Waals surface area contributed by atoms with Gasteiger partial charge < -0.3 is 15.2 Å². The topological polar surface area (TPSA) is 59.0 Å². The second kappa shape index (κ2) is 6.53. The zero-order chi connectivity index (χ0) is 13.5. The zero-order valence-electron chi connectivity index (χ0n) is 10.3. The molecule has 0 aliphatic carbocycles. The van der Waals surface area contributed by atoms with Crippen molar-refractivity contribution >= 4 is 11.7 Å². The number of hydrogen-bond acceptors (Lipinski definition) is 2. The molecule has 0 bridgehead atoms. The van der Waals surface area contributed by atoms with E-state index >= 15 is 0 Å². The first-order valence-corrected chi connectivity index (χ1v) is 6.00.